The van der Waals surface area contributed by atoms with Gasteiger partial charge in [0.15, 0.2) is 5.65 Å². The van der Waals surface area contributed by atoms with E-state index in [1.165, 1.54) is 6.07 Å². The number of aromatic nitrogens is 4. The zero-order valence-electron chi connectivity index (χ0n) is 22.6. The first-order valence-electron chi connectivity index (χ1n) is 12.7. The normalized spacial score (nSPS) is 18.6. The van der Waals surface area contributed by atoms with Crippen molar-refractivity contribution in [3.05, 3.63) is 52.7 Å². The van der Waals surface area contributed by atoms with Crippen molar-refractivity contribution in [1.82, 2.24) is 24.4 Å². The van der Waals surface area contributed by atoms with Gasteiger partial charge in [0.05, 0.1) is 6.61 Å². The highest BCUT2D eigenvalue weighted by Crippen LogP contribution is 2.34. The standard InChI is InChI=1S/C27H38F3N5OS/c1-18-11-22(13-25(32-18)27(28,29)30)12-21-7-8-34(16-21)19(2)23-14-24-26(31-15-23)35(20(3)33-24)17-36-9-10-37(4,5)6/h11,13-15,19,21H,7-10,12,16-17H2,1-6H3/t19?,21-/m1/s1. The van der Waals surface area contributed by atoms with E-state index < -0.39 is 21.9 Å². The lowest BCUT2D eigenvalue weighted by Gasteiger charge is -2.25. The quantitative estimate of drug-likeness (QED) is 0.325. The number of hydrogen-bond donors (Lipinski definition) is 0. The molecule has 0 spiro atoms. The van der Waals surface area contributed by atoms with Crippen LogP contribution in [0.2, 0.25) is 0 Å². The molecule has 1 saturated heterocycles. The summed E-state index contributed by atoms with van der Waals surface area (Å²) in [6.45, 7) is 8.64. The number of fused-ring (bicyclic) bond motifs is 1. The summed E-state index contributed by atoms with van der Waals surface area (Å²) in [4.78, 5) is 15.5. The van der Waals surface area contributed by atoms with Crippen LogP contribution in [-0.2, 0) is 24.1 Å². The minimum absolute atomic E-state index is 0.142. The number of imidazole rings is 1. The second-order valence-electron chi connectivity index (χ2n) is 11.1. The van der Waals surface area contributed by atoms with Crippen LogP contribution in [0.4, 0.5) is 13.2 Å². The lowest BCUT2D eigenvalue weighted by Crippen LogP contribution is -2.25. The Bertz CT molecular complexity index is 1240. The maximum Gasteiger partial charge on any atom is 0.433 e. The van der Waals surface area contributed by atoms with Crippen LogP contribution in [0.15, 0.2) is 24.4 Å². The van der Waals surface area contributed by atoms with E-state index in [1.807, 2.05) is 17.7 Å². The summed E-state index contributed by atoms with van der Waals surface area (Å²) in [7, 11) is -0.591. The van der Waals surface area contributed by atoms with Crippen LogP contribution < -0.4 is 0 Å². The summed E-state index contributed by atoms with van der Waals surface area (Å²) in [6, 6.07) is 5.21. The van der Waals surface area contributed by atoms with Gasteiger partial charge in [0.25, 0.3) is 0 Å². The highest BCUT2D eigenvalue weighted by molar-refractivity contribution is 8.32. The Morgan fingerprint density at radius 2 is 1.89 bits per heavy atom. The Kier molecular flexibility index (Phi) is 8.21. The monoisotopic (exact) mass is 537 g/mol. The maximum absolute atomic E-state index is 13.2. The zero-order chi connectivity index (χ0) is 27.0. The molecule has 1 unspecified atom stereocenters. The first-order valence-corrected chi connectivity index (χ1v) is 15.7. The smallest absolute Gasteiger partial charge is 0.360 e. The van der Waals surface area contributed by atoms with E-state index in [2.05, 4.69) is 41.6 Å². The molecule has 1 aliphatic rings. The van der Waals surface area contributed by atoms with Crippen LogP contribution in [0.3, 0.4) is 0 Å². The van der Waals surface area contributed by atoms with Crippen molar-refractivity contribution in [2.45, 2.75) is 52.6 Å². The summed E-state index contributed by atoms with van der Waals surface area (Å²) < 4.78 is 47.5. The van der Waals surface area contributed by atoms with Crippen LogP contribution in [0.5, 0.6) is 0 Å². The van der Waals surface area contributed by atoms with Crippen LogP contribution in [0, 0.1) is 19.8 Å². The van der Waals surface area contributed by atoms with Gasteiger partial charge in [0, 0.05) is 30.2 Å². The van der Waals surface area contributed by atoms with Crippen molar-refractivity contribution in [3.63, 3.8) is 0 Å². The molecule has 0 aromatic carbocycles. The number of nitrogens with zero attached hydrogens (tertiary/aromatic N) is 5. The molecule has 4 rings (SSSR count). The van der Waals surface area contributed by atoms with Gasteiger partial charge in [-0.3, -0.25) is 9.47 Å². The Morgan fingerprint density at radius 3 is 2.59 bits per heavy atom. The summed E-state index contributed by atoms with van der Waals surface area (Å²) >= 11 is 0. The van der Waals surface area contributed by atoms with E-state index >= 15 is 0 Å². The molecule has 204 valence electrons. The van der Waals surface area contributed by atoms with E-state index in [-0.39, 0.29) is 6.04 Å². The number of ether oxygens (including phenoxy) is 1. The van der Waals surface area contributed by atoms with Crippen molar-refractivity contribution < 1.29 is 17.9 Å². The molecule has 0 N–H and O–H groups in total. The Labute approximate surface area is 219 Å². The molecule has 1 fully saturated rings. The van der Waals surface area contributed by atoms with Crippen LogP contribution >= 0.6 is 10.0 Å². The summed E-state index contributed by atoms with van der Waals surface area (Å²) in [5, 5.41) is 0. The van der Waals surface area contributed by atoms with E-state index in [0.717, 1.165) is 54.4 Å². The third-order valence-corrected chi connectivity index (χ3v) is 8.42. The highest BCUT2D eigenvalue weighted by Gasteiger charge is 2.34. The van der Waals surface area contributed by atoms with E-state index in [9.17, 15) is 13.2 Å². The summed E-state index contributed by atoms with van der Waals surface area (Å²) in [5.74, 6) is 2.24. The number of pyridine rings is 2. The Hall–Kier alpha value is -2.17. The Morgan fingerprint density at radius 1 is 1.14 bits per heavy atom. The number of rotatable bonds is 9. The predicted molar refractivity (Wildman–Crippen MR) is 144 cm³/mol. The van der Waals surface area contributed by atoms with Gasteiger partial charge in [-0.05, 0) is 94.2 Å². The van der Waals surface area contributed by atoms with Gasteiger partial charge in [0.1, 0.15) is 23.8 Å². The van der Waals surface area contributed by atoms with Crippen molar-refractivity contribution in [3.8, 4) is 0 Å². The van der Waals surface area contributed by atoms with Gasteiger partial charge >= 0.3 is 6.18 Å². The molecule has 0 radical (unpaired) electrons. The molecule has 3 aromatic heterocycles. The van der Waals surface area contributed by atoms with Gasteiger partial charge < -0.3 is 4.74 Å². The molecule has 0 bridgehead atoms. The van der Waals surface area contributed by atoms with E-state index in [1.54, 1.807) is 13.0 Å². The molecular formula is C27H38F3N5OS. The Balaban J connectivity index is 1.40. The third-order valence-electron chi connectivity index (χ3n) is 7.03. The van der Waals surface area contributed by atoms with Gasteiger partial charge in [-0.15, -0.1) is 0 Å². The maximum atomic E-state index is 13.2. The molecule has 6 nitrogen and oxygen atoms in total. The first-order chi connectivity index (χ1) is 17.3. The molecule has 1 aliphatic heterocycles. The van der Waals surface area contributed by atoms with Gasteiger partial charge in [-0.2, -0.15) is 13.2 Å². The van der Waals surface area contributed by atoms with Gasteiger partial charge in [-0.1, -0.05) is 0 Å². The van der Waals surface area contributed by atoms with Gasteiger partial charge in [-0.25, -0.2) is 25.0 Å². The van der Waals surface area contributed by atoms with Crippen molar-refractivity contribution in [2.24, 2.45) is 5.92 Å². The topological polar surface area (TPSA) is 56.1 Å². The minimum atomic E-state index is -4.42. The average Bonchev–Trinajstić information content (AvgIpc) is 3.38. The lowest BCUT2D eigenvalue weighted by atomic mass is 9.98. The fourth-order valence-electron chi connectivity index (χ4n) is 4.92. The van der Waals surface area contributed by atoms with Crippen LogP contribution in [-0.4, -0.2) is 68.6 Å². The molecule has 37 heavy (non-hydrogen) atoms. The molecule has 0 amide bonds. The minimum Gasteiger partial charge on any atom is -0.360 e. The van der Waals surface area contributed by atoms with Crippen molar-refractivity contribution in [1.29, 1.82) is 0 Å². The number of aryl methyl sites for hydroxylation is 2. The third kappa shape index (κ3) is 7.03. The first kappa shape index (κ1) is 27.9. The lowest BCUT2D eigenvalue weighted by molar-refractivity contribution is -0.141. The molecular weight excluding hydrogens is 499 g/mol. The summed E-state index contributed by atoms with van der Waals surface area (Å²) in [5.41, 5.74) is 3.08. The largest absolute Gasteiger partial charge is 0.433 e. The SMILES string of the molecule is Cc1cc(C[C@H]2CCN(C(C)c3cnc4c(c3)nc(C)n4COCCS(C)(C)C)C2)cc(C(F)(F)F)n1. The molecule has 0 saturated carbocycles. The van der Waals surface area contributed by atoms with Crippen molar-refractivity contribution in [2.75, 3.05) is 44.2 Å². The van der Waals surface area contributed by atoms with Crippen molar-refractivity contribution >= 4 is 21.2 Å². The number of likely N-dealkylation sites (tertiary alicyclic amines) is 1. The predicted octanol–water partition coefficient (Wildman–Crippen LogP) is 5.76. The number of alkyl halides is 3. The molecule has 4 heterocycles. The zero-order valence-corrected chi connectivity index (χ0v) is 23.4. The van der Waals surface area contributed by atoms with Crippen LogP contribution in [0.25, 0.3) is 11.2 Å². The molecule has 10 heteroatoms. The number of hydrogen-bond acceptors (Lipinski definition) is 5. The fraction of sp³-hybridized carbons (Fsp3) is 0.593. The second kappa shape index (κ2) is 10.9. The van der Waals surface area contributed by atoms with E-state index in [4.69, 9.17) is 14.7 Å². The highest BCUT2D eigenvalue weighted by atomic mass is 32.3. The average molecular weight is 538 g/mol. The van der Waals surface area contributed by atoms with Gasteiger partial charge in [0.2, 0.25) is 0 Å². The van der Waals surface area contributed by atoms with E-state index in [0.29, 0.717) is 30.3 Å². The summed E-state index contributed by atoms with van der Waals surface area (Å²) in [6.07, 6.45) is 5.91. The van der Waals surface area contributed by atoms with Crippen LogP contribution in [0.1, 0.15) is 47.7 Å². The molecule has 2 atom stereocenters. The fourth-order valence-corrected chi connectivity index (χ4v) is 5.53. The molecule has 0 aliphatic carbocycles. The second-order valence-corrected chi connectivity index (χ2v) is 15.6. The number of halogens is 3. The molecule has 3 aromatic rings.